The van der Waals surface area contributed by atoms with Crippen LogP contribution in [0.15, 0.2) is 47.5 Å². The molecule has 4 nitrogen and oxygen atoms in total. The summed E-state index contributed by atoms with van der Waals surface area (Å²) in [6, 6.07) is 7.44. The fourth-order valence-electron chi connectivity index (χ4n) is 1.76. The normalized spacial score (nSPS) is 10.7. The molecule has 0 aliphatic heterocycles. The van der Waals surface area contributed by atoms with Gasteiger partial charge < -0.3 is 4.98 Å². The summed E-state index contributed by atoms with van der Waals surface area (Å²) in [5.41, 5.74) is 0.867. The molecule has 5 heteroatoms. The topological polar surface area (TPSA) is 58.6 Å². The molecule has 0 bridgehead atoms. The molecule has 3 aromatic rings. The second kappa shape index (κ2) is 4.03. The molecular formula is C13H8FN3O. The van der Waals surface area contributed by atoms with Gasteiger partial charge in [-0.15, -0.1) is 0 Å². The molecule has 0 saturated carbocycles. The van der Waals surface area contributed by atoms with E-state index in [4.69, 9.17) is 0 Å². The molecule has 2 aromatic heterocycles. The largest absolute Gasteiger partial charge is 0.306 e. The summed E-state index contributed by atoms with van der Waals surface area (Å²) in [4.78, 5) is 22.7. The van der Waals surface area contributed by atoms with Crippen molar-refractivity contribution in [3.8, 4) is 11.4 Å². The van der Waals surface area contributed by atoms with Crippen LogP contribution in [-0.2, 0) is 0 Å². The maximum absolute atomic E-state index is 13.1. The Hall–Kier alpha value is -2.56. The van der Waals surface area contributed by atoms with Crippen LogP contribution in [0.2, 0.25) is 0 Å². The number of fused-ring (bicyclic) bond motifs is 1. The van der Waals surface area contributed by atoms with Gasteiger partial charge >= 0.3 is 0 Å². The maximum atomic E-state index is 13.1. The number of halogens is 1. The Morgan fingerprint density at radius 2 is 1.89 bits per heavy atom. The third-order valence-electron chi connectivity index (χ3n) is 2.62. The van der Waals surface area contributed by atoms with Crippen molar-refractivity contribution in [3.63, 3.8) is 0 Å². The lowest BCUT2D eigenvalue weighted by atomic mass is 10.2. The second-order valence-electron chi connectivity index (χ2n) is 3.81. The zero-order valence-electron chi connectivity index (χ0n) is 9.22. The third-order valence-corrected chi connectivity index (χ3v) is 2.62. The van der Waals surface area contributed by atoms with Crippen molar-refractivity contribution in [1.82, 2.24) is 15.0 Å². The van der Waals surface area contributed by atoms with Gasteiger partial charge in [-0.3, -0.25) is 9.78 Å². The predicted octanol–water partition coefficient (Wildman–Crippen LogP) is 2.12. The molecule has 0 unspecified atom stereocenters. The van der Waals surface area contributed by atoms with Crippen LogP contribution in [0.5, 0.6) is 0 Å². The predicted molar refractivity (Wildman–Crippen MR) is 65.6 cm³/mol. The van der Waals surface area contributed by atoms with E-state index >= 15 is 0 Å². The summed E-state index contributed by atoms with van der Waals surface area (Å²) in [6.45, 7) is 0. The minimum atomic E-state index is -0.452. The smallest absolute Gasteiger partial charge is 0.259 e. The molecule has 0 aliphatic rings. The van der Waals surface area contributed by atoms with E-state index in [1.807, 2.05) is 0 Å². The fraction of sp³-hybridized carbons (Fsp3) is 0. The Bertz CT molecular complexity index is 768. The number of aromatic amines is 1. The standard InChI is InChI=1S/C13H8FN3O/c14-9-1-2-11-10(7-9)13(18)17-12(16-11)8-3-5-15-6-4-8/h1-7H,(H,16,17,18). The molecule has 0 amide bonds. The van der Waals surface area contributed by atoms with Crippen LogP contribution >= 0.6 is 0 Å². The van der Waals surface area contributed by atoms with E-state index in [1.54, 1.807) is 24.5 Å². The van der Waals surface area contributed by atoms with Crippen molar-refractivity contribution in [1.29, 1.82) is 0 Å². The molecule has 0 aliphatic carbocycles. The van der Waals surface area contributed by atoms with Gasteiger partial charge in [0.15, 0.2) is 0 Å². The second-order valence-corrected chi connectivity index (χ2v) is 3.81. The molecule has 0 atom stereocenters. The molecule has 3 rings (SSSR count). The highest BCUT2D eigenvalue weighted by molar-refractivity contribution is 5.79. The molecular weight excluding hydrogens is 233 g/mol. The molecule has 0 spiro atoms. The minimum absolute atomic E-state index is 0.243. The van der Waals surface area contributed by atoms with Gasteiger partial charge in [0.05, 0.1) is 10.9 Å². The Kier molecular flexibility index (Phi) is 2.37. The third kappa shape index (κ3) is 1.75. The van der Waals surface area contributed by atoms with Gasteiger partial charge in [0.2, 0.25) is 0 Å². The van der Waals surface area contributed by atoms with Crippen LogP contribution in [0, 0.1) is 5.82 Å². The van der Waals surface area contributed by atoms with Gasteiger partial charge in [0, 0.05) is 18.0 Å². The van der Waals surface area contributed by atoms with Crippen molar-refractivity contribution in [2.45, 2.75) is 0 Å². The van der Waals surface area contributed by atoms with E-state index in [-0.39, 0.29) is 10.9 Å². The summed E-state index contributed by atoms with van der Waals surface area (Å²) in [5, 5.41) is 0.243. The summed E-state index contributed by atoms with van der Waals surface area (Å²) < 4.78 is 13.1. The highest BCUT2D eigenvalue weighted by Gasteiger charge is 2.06. The first-order chi connectivity index (χ1) is 8.74. The van der Waals surface area contributed by atoms with Gasteiger partial charge in [0.1, 0.15) is 11.6 Å². The van der Waals surface area contributed by atoms with Gasteiger partial charge in [0.25, 0.3) is 5.56 Å². The van der Waals surface area contributed by atoms with Crippen LogP contribution in [0.3, 0.4) is 0 Å². The number of H-pyrrole nitrogens is 1. The Labute approximate surface area is 101 Å². The van der Waals surface area contributed by atoms with E-state index in [1.165, 1.54) is 18.2 Å². The Morgan fingerprint density at radius 1 is 1.11 bits per heavy atom. The van der Waals surface area contributed by atoms with Gasteiger partial charge in [-0.05, 0) is 30.3 Å². The molecule has 0 fully saturated rings. The number of aromatic nitrogens is 3. The van der Waals surface area contributed by atoms with Crippen LogP contribution in [-0.4, -0.2) is 15.0 Å². The fourth-order valence-corrected chi connectivity index (χ4v) is 1.76. The Balaban J connectivity index is 2.29. The molecule has 18 heavy (non-hydrogen) atoms. The number of pyridine rings is 1. The number of hydrogen-bond donors (Lipinski definition) is 1. The van der Waals surface area contributed by atoms with Crippen molar-refractivity contribution in [3.05, 3.63) is 58.9 Å². The molecule has 2 heterocycles. The number of rotatable bonds is 1. The monoisotopic (exact) mass is 241 g/mol. The van der Waals surface area contributed by atoms with Gasteiger partial charge in [-0.25, -0.2) is 9.37 Å². The average Bonchev–Trinajstić information content (AvgIpc) is 2.40. The number of benzene rings is 1. The average molecular weight is 241 g/mol. The van der Waals surface area contributed by atoms with Crippen molar-refractivity contribution < 1.29 is 4.39 Å². The van der Waals surface area contributed by atoms with Crippen LogP contribution in [0.1, 0.15) is 0 Å². The van der Waals surface area contributed by atoms with E-state index in [0.717, 1.165) is 5.56 Å². The SMILES string of the molecule is O=c1[nH]c(-c2ccncc2)nc2ccc(F)cc12. The molecule has 88 valence electrons. The maximum Gasteiger partial charge on any atom is 0.259 e. The lowest BCUT2D eigenvalue weighted by molar-refractivity contribution is 0.629. The van der Waals surface area contributed by atoms with Crippen molar-refractivity contribution in [2.75, 3.05) is 0 Å². The van der Waals surface area contributed by atoms with Gasteiger partial charge in [-0.1, -0.05) is 0 Å². The van der Waals surface area contributed by atoms with E-state index in [9.17, 15) is 9.18 Å². The lowest BCUT2D eigenvalue weighted by Gasteiger charge is -2.02. The summed E-state index contributed by atoms with van der Waals surface area (Å²) >= 11 is 0. The van der Waals surface area contributed by atoms with E-state index in [2.05, 4.69) is 15.0 Å². The minimum Gasteiger partial charge on any atom is -0.306 e. The molecule has 1 aromatic carbocycles. The summed E-state index contributed by atoms with van der Waals surface area (Å²) in [7, 11) is 0. The quantitative estimate of drug-likeness (QED) is 0.710. The van der Waals surface area contributed by atoms with Crippen molar-refractivity contribution >= 4 is 10.9 Å². The van der Waals surface area contributed by atoms with E-state index in [0.29, 0.717) is 11.3 Å². The number of hydrogen-bond acceptors (Lipinski definition) is 3. The molecule has 0 saturated heterocycles. The first kappa shape index (κ1) is 10.6. The summed E-state index contributed by atoms with van der Waals surface area (Å²) in [5.74, 6) is -0.00651. The Morgan fingerprint density at radius 3 is 2.67 bits per heavy atom. The first-order valence-electron chi connectivity index (χ1n) is 5.34. The van der Waals surface area contributed by atoms with Crippen LogP contribution in [0.4, 0.5) is 4.39 Å². The number of nitrogens with zero attached hydrogens (tertiary/aromatic N) is 2. The van der Waals surface area contributed by atoms with E-state index < -0.39 is 5.82 Å². The zero-order chi connectivity index (χ0) is 12.5. The highest BCUT2D eigenvalue weighted by atomic mass is 19.1. The summed E-state index contributed by atoms with van der Waals surface area (Å²) in [6.07, 6.45) is 3.23. The van der Waals surface area contributed by atoms with Crippen LogP contribution in [0.25, 0.3) is 22.3 Å². The van der Waals surface area contributed by atoms with Crippen molar-refractivity contribution in [2.24, 2.45) is 0 Å². The zero-order valence-corrected chi connectivity index (χ0v) is 9.22. The lowest BCUT2D eigenvalue weighted by Crippen LogP contribution is -2.09. The molecule has 1 N–H and O–H groups in total. The van der Waals surface area contributed by atoms with Gasteiger partial charge in [-0.2, -0.15) is 0 Å². The van der Waals surface area contributed by atoms with Crippen LogP contribution < -0.4 is 5.56 Å². The number of nitrogens with one attached hydrogen (secondary N) is 1. The first-order valence-corrected chi connectivity index (χ1v) is 5.34. The highest BCUT2D eigenvalue weighted by Crippen LogP contribution is 2.15. The molecule has 0 radical (unpaired) electrons.